The molecule has 2 aliphatic rings. The molecule has 0 amide bonds. The second-order valence-corrected chi connectivity index (χ2v) is 19.7. The number of aryl methyl sites for hydroxylation is 1. The fraction of sp³-hybridized carbons (Fsp3) is 0.205. The lowest BCUT2D eigenvalue weighted by Gasteiger charge is -2.25. The number of aromatic nitrogens is 2. The molecule has 2 aromatic heterocycles. The molecule has 6 aromatic rings. The van der Waals surface area contributed by atoms with E-state index < -0.39 is 0 Å². The van der Waals surface area contributed by atoms with Gasteiger partial charge in [0.2, 0.25) is 0 Å². The minimum atomic E-state index is -0.0315. The van der Waals surface area contributed by atoms with Crippen LogP contribution in [0.25, 0.3) is 68.6 Å². The summed E-state index contributed by atoms with van der Waals surface area (Å²) in [6.45, 7) is 28.3. The Bertz CT molecular complexity index is 3560. The summed E-state index contributed by atoms with van der Waals surface area (Å²) in [7, 11) is 0. The van der Waals surface area contributed by atoms with Crippen molar-refractivity contribution in [1.82, 2.24) is 9.13 Å². The minimum absolute atomic E-state index is 0.0315. The van der Waals surface area contributed by atoms with E-state index in [2.05, 4.69) is 239 Å². The average molecular weight is 981 g/mol. The number of fused-ring (bicyclic) bond motifs is 4. The lowest BCUT2D eigenvalue weighted by Crippen LogP contribution is -2.30. The maximum absolute atomic E-state index is 5.10. The van der Waals surface area contributed by atoms with Crippen molar-refractivity contribution in [1.29, 1.82) is 0 Å². The standard InChI is InChI=1S/C73H76N2/c1-10-17-21-22-24-35-56-37-27-42-61(51-56)74-54(9)70(63(57(15-6)38-18-11-2)44-28-36-55-33-25-23-26-34-55)67-48-31-46-65(72(67)74)64-45-30-47-66-69-50-53(8)49-68(58(16-7)39-19-12-3)73(69)75(71(64)66)62-43-29-41-60(52-62)59(32-14-5)40-20-13-4/h10-12,14-17,19,21-33,35,37,39,41-45,47-52,55,65H,2-3,5,9,13,18,20,34,36,38,40,46H2,1,4,6-8H3/b17-10-,22-21-,35-24+,39-19-,44-28-,57-15+,58-16+,59-32+,70-63-. The zero-order valence-corrected chi connectivity index (χ0v) is 45.2. The SMILES string of the molecule is C=C/C=C\C(=C/C)c1cc(C)cc2c3cccc(C4CC=Cc5c4n(-c4cccc(/C=C/C=C\C=C/C)c4)c(=C)/c5=C(\C=C/CC4C=CC=CC4)C(=C/C)/CCC=C)c3n(-c3cccc(/C(=C/C=C)CCCC)c3)c12. The maximum atomic E-state index is 5.10. The fourth-order valence-corrected chi connectivity index (χ4v) is 11.2. The summed E-state index contributed by atoms with van der Waals surface area (Å²) in [6.07, 6.45) is 55.8. The fourth-order valence-electron chi connectivity index (χ4n) is 11.2. The number of para-hydroxylation sites is 1. The highest BCUT2D eigenvalue weighted by Crippen LogP contribution is 2.45. The van der Waals surface area contributed by atoms with Crippen LogP contribution in [-0.2, 0) is 0 Å². The normalized spacial score (nSPS) is 16.8. The second-order valence-electron chi connectivity index (χ2n) is 19.7. The van der Waals surface area contributed by atoms with Crippen LogP contribution in [0, 0.1) is 12.8 Å². The molecule has 0 fully saturated rings. The zero-order chi connectivity index (χ0) is 52.7. The maximum Gasteiger partial charge on any atom is 0.0619 e. The van der Waals surface area contributed by atoms with E-state index in [0.717, 1.165) is 79.2 Å². The van der Waals surface area contributed by atoms with Crippen LogP contribution in [0.3, 0.4) is 0 Å². The summed E-state index contributed by atoms with van der Waals surface area (Å²) < 4.78 is 5.08. The summed E-state index contributed by atoms with van der Waals surface area (Å²) in [5.74, 6) is 0.441. The molecule has 2 aliphatic carbocycles. The molecule has 0 bridgehead atoms. The van der Waals surface area contributed by atoms with E-state index in [4.69, 9.17) is 6.58 Å². The smallest absolute Gasteiger partial charge is 0.0619 e. The summed E-state index contributed by atoms with van der Waals surface area (Å²) in [4.78, 5) is 0. The second kappa shape index (κ2) is 25.8. The van der Waals surface area contributed by atoms with Crippen molar-refractivity contribution in [3.63, 3.8) is 0 Å². The van der Waals surface area contributed by atoms with Crippen LogP contribution in [0.4, 0.5) is 0 Å². The Hall–Kier alpha value is -7.94. The zero-order valence-electron chi connectivity index (χ0n) is 45.2. The van der Waals surface area contributed by atoms with Crippen LogP contribution < -0.4 is 10.6 Å². The molecule has 378 valence electrons. The molecule has 2 heteroatoms. The number of rotatable bonds is 21. The van der Waals surface area contributed by atoms with E-state index in [9.17, 15) is 0 Å². The van der Waals surface area contributed by atoms with Gasteiger partial charge in [0.25, 0.3) is 0 Å². The molecule has 0 saturated heterocycles. The van der Waals surface area contributed by atoms with Crippen LogP contribution >= 0.6 is 0 Å². The van der Waals surface area contributed by atoms with Gasteiger partial charge in [0.15, 0.2) is 0 Å². The first-order valence-corrected chi connectivity index (χ1v) is 27.2. The number of hydrogen-bond donors (Lipinski definition) is 0. The van der Waals surface area contributed by atoms with Gasteiger partial charge in [-0.3, -0.25) is 0 Å². The van der Waals surface area contributed by atoms with Crippen molar-refractivity contribution in [3.8, 4) is 11.4 Å². The van der Waals surface area contributed by atoms with Crippen LogP contribution in [0.1, 0.15) is 124 Å². The Kier molecular flexibility index (Phi) is 18.4. The number of allylic oxidation sites excluding steroid dienone is 23. The van der Waals surface area contributed by atoms with Crippen molar-refractivity contribution in [2.24, 2.45) is 5.92 Å². The van der Waals surface area contributed by atoms with Gasteiger partial charge in [-0.15, -0.1) is 6.58 Å². The highest BCUT2D eigenvalue weighted by molar-refractivity contribution is 6.14. The molecule has 0 saturated carbocycles. The molecular formula is C73H76N2. The van der Waals surface area contributed by atoms with Crippen molar-refractivity contribution in [2.75, 3.05) is 0 Å². The lowest BCUT2D eigenvalue weighted by molar-refractivity contribution is 0.669. The monoisotopic (exact) mass is 981 g/mol. The minimum Gasteiger partial charge on any atom is -0.313 e. The van der Waals surface area contributed by atoms with Gasteiger partial charge in [0.05, 0.1) is 11.0 Å². The first-order valence-electron chi connectivity index (χ1n) is 27.2. The van der Waals surface area contributed by atoms with Crippen molar-refractivity contribution in [3.05, 3.63) is 275 Å². The number of unbranched alkanes of at least 4 members (excludes halogenated alkanes) is 1. The number of benzene rings is 4. The summed E-state index contributed by atoms with van der Waals surface area (Å²) in [6, 6.07) is 29.9. The molecule has 2 heterocycles. The van der Waals surface area contributed by atoms with Crippen LogP contribution in [0.5, 0.6) is 0 Å². The van der Waals surface area contributed by atoms with E-state index >= 15 is 0 Å². The third kappa shape index (κ3) is 11.7. The van der Waals surface area contributed by atoms with E-state index in [1.807, 2.05) is 37.3 Å². The van der Waals surface area contributed by atoms with Crippen LogP contribution in [0.15, 0.2) is 226 Å². The third-order valence-corrected chi connectivity index (χ3v) is 14.7. The van der Waals surface area contributed by atoms with Gasteiger partial charge in [-0.1, -0.05) is 209 Å². The van der Waals surface area contributed by atoms with Crippen molar-refractivity contribution in [2.45, 2.75) is 91.9 Å². The lowest BCUT2D eigenvalue weighted by atomic mass is 9.84. The molecule has 2 atom stereocenters. The Morgan fingerprint density at radius 1 is 0.747 bits per heavy atom. The van der Waals surface area contributed by atoms with E-state index in [1.165, 1.54) is 77.3 Å². The molecule has 0 radical (unpaired) electrons. The molecule has 0 N–H and O–H groups in total. The molecule has 2 unspecified atom stereocenters. The summed E-state index contributed by atoms with van der Waals surface area (Å²) in [5, 5.41) is 4.65. The molecular weight excluding hydrogens is 905 g/mol. The van der Waals surface area contributed by atoms with E-state index in [1.54, 1.807) is 0 Å². The molecule has 75 heavy (non-hydrogen) atoms. The number of hydrogen-bond acceptors (Lipinski definition) is 0. The predicted octanol–water partition coefficient (Wildman–Crippen LogP) is 19.0. The van der Waals surface area contributed by atoms with Crippen molar-refractivity contribution < 1.29 is 0 Å². The molecule has 2 nitrogen and oxygen atoms in total. The Balaban J connectivity index is 1.50. The first kappa shape index (κ1) is 53.4. The molecule has 0 aliphatic heterocycles. The van der Waals surface area contributed by atoms with Gasteiger partial charge >= 0.3 is 0 Å². The Labute approximate surface area is 448 Å². The first-order chi connectivity index (χ1) is 36.8. The number of nitrogens with zero attached hydrogens (tertiary/aromatic N) is 2. The highest BCUT2D eigenvalue weighted by atomic mass is 15.0. The topological polar surface area (TPSA) is 9.86 Å². The van der Waals surface area contributed by atoms with Crippen molar-refractivity contribution >= 4 is 57.3 Å². The van der Waals surface area contributed by atoms with Gasteiger partial charge in [-0.05, 0) is 160 Å². The Morgan fingerprint density at radius 2 is 1.56 bits per heavy atom. The summed E-state index contributed by atoms with van der Waals surface area (Å²) in [5.41, 5.74) is 18.1. The summed E-state index contributed by atoms with van der Waals surface area (Å²) >= 11 is 0. The van der Waals surface area contributed by atoms with Gasteiger partial charge in [0, 0.05) is 55.5 Å². The predicted molar refractivity (Wildman–Crippen MR) is 332 cm³/mol. The van der Waals surface area contributed by atoms with Crippen LogP contribution in [0.2, 0.25) is 0 Å². The van der Waals surface area contributed by atoms with Crippen LogP contribution in [-0.4, -0.2) is 9.13 Å². The van der Waals surface area contributed by atoms with Gasteiger partial charge < -0.3 is 9.13 Å². The van der Waals surface area contributed by atoms with E-state index in [0.29, 0.717) is 5.92 Å². The highest BCUT2D eigenvalue weighted by Gasteiger charge is 2.31. The largest absolute Gasteiger partial charge is 0.313 e. The molecule has 0 spiro atoms. The van der Waals surface area contributed by atoms with Gasteiger partial charge in [-0.25, -0.2) is 0 Å². The Morgan fingerprint density at radius 3 is 2.31 bits per heavy atom. The van der Waals surface area contributed by atoms with Gasteiger partial charge in [0.1, 0.15) is 0 Å². The molecule has 8 rings (SSSR count). The third-order valence-electron chi connectivity index (χ3n) is 14.7. The average Bonchev–Trinajstić information content (AvgIpc) is 3.97. The van der Waals surface area contributed by atoms with E-state index in [-0.39, 0.29) is 5.92 Å². The quantitative estimate of drug-likeness (QED) is 0.0502. The van der Waals surface area contributed by atoms with Gasteiger partial charge in [-0.2, -0.15) is 0 Å². The molecule has 4 aromatic carbocycles.